The zero-order valence-corrected chi connectivity index (χ0v) is 25.7. The van der Waals surface area contributed by atoms with E-state index in [0.717, 1.165) is 39.0 Å². The second-order valence-corrected chi connectivity index (χ2v) is 11.3. The van der Waals surface area contributed by atoms with Gasteiger partial charge in [0.15, 0.2) is 5.76 Å². The molecule has 0 aliphatic carbocycles. The molecule has 0 N–H and O–H groups in total. The molecule has 0 radical (unpaired) electrons. The quantitative estimate of drug-likeness (QED) is 0.114. The number of nitrogens with zero attached hydrogens (tertiary/aromatic N) is 2. The van der Waals surface area contributed by atoms with Crippen LogP contribution in [0.3, 0.4) is 0 Å². The van der Waals surface area contributed by atoms with E-state index in [1.807, 2.05) is 24.3 Å². The number of ether oxygens (including phenoxy) is 2. The average Bonchev–Trinajstić information content (AvgIpc) is 3.40. The molecular weight excluding hydrogens is 584 g/mol. The predicted octanol–water partition coefficient (Wildman–Crippen LogP) is 9.21. The molecule has 9 heteroatoms. The molecule has 0 spiro atoms. The lowest BCUT2D eigenvalue weighted by atomic mass is 9.98. The standard InChI is InChI=1S/C34H31ClN2O5S/c1-4-41-34(39)37(30-8-6-5-7-29(30)35)32-22(2)36-42-33(32)28-16-15-26-19-25(13-14-27(26)20-28)24-11-9-23(10-12-24)21-43-18-17-31(38)40-3/h5-16,19-20H,4,17-18,21H2,1-3H3. The molecule has 1 aromatic heterocycles. The molecule has 0 saturated carbocycles. The third-order valence-corrected chi connectivity index (χ3v) is 8.29. The predicted molar refractivity (Wildman–Crippen MR) is 173 cm³/mol. The van der Waals surface area contributed by atoms with Crippen LogP contribution in [0.1, 0.15) is 24.6 Å². The summed E-state index contributed by atoms with van der Waals surface area (Å²) in [6.45, 7) is 3.74. The van der Waals surface area contributed by atoms with Gasteiger partial charge >= 0.3 is 12.1 Å². The molecule has 43 heavy (non-hydrogen) atoms. The first-order valence-corrected chi connectivity index (χ1v) is 15.4. The van der Waals surface area contributed by atoms with E-state index in [1.54, 1.807) is 43.8 Å². The maximum atomic E-state index is 13.2. The van der Waals surface area contributed by atoms with Crippen LogP contribution < -0.4 is 4.90 Å². The molecule has 0 bridgehead atoms. The molecule has 4 aromatic carbocycles. The summed E-state index contributed by atoms with van der Waals surface area (Å²) in [5, 5.41) is 6.68. The lowest BCUT2D eigenvalue weighted by Crippen LogP contribution is -2.27. The van der Waals surface area contributed by atoms with Gasteiger partial charge in [-0.3, -0.25) is 4.79 Å². The number of carbonyl (C=O) groups is 2. The largest absolute Gasteiger partial charge is 0.469 e. The molecule has 5 rings (SSSR count). The van der Waals surface area contributed by atoms with E-state index in [0.29, 0.717) is 34.3 Å². The highest BCUT2D eigenvalue weighted by Crippen LogP contribution is 2.41. The van der Waals surface area contributed by atoms with Gasteiger partial charge in [-0.05, 0) is 65.6 Å². The van der Waals surface area contributed by atoms with Gasteiger partial charge in [-0.15, -0.1) is 0 Å². The smallest absolute Gasteiger partial charge is 0.419 e. The molecule has 0 fully saturated rings. The summed E-state index contributed by atoms with van der Waals surface area (Å²) >= 11 is 8.22. The maximum Gasteiger partial charge on any atom is 0.419 e. The molecule has 0 atom stereocenters. The fourth-order valence-corrected chi connectivity index (χ4v) is 5.86. The van der Waals surface area contributed by atoms with Crippen molar-refractivity contribution in [2.24, 2.45) is 0 Å². The highest BCUT2D eigenvalue weighted by molar-refractivity contribution is 7.98. The number of rotatable bonds is 10. The number of thioether (sulfide) groups is 1. The fraction of sp³-hybridized carbons (Fsp3) is 0.206. The number of hydrogen-bond donors (Lipinski definition) is 0. The van der Waals surface area contributed by atoms with Gasteiger partial charge in [0.25, 0.3) is 0 Å². The number of methoxy groups -OCH3 is 1. The normalized spacial score (nSPS) is 11.0. The number of amides is 1. The van der Waals surface area contributed by atoms with Gasteiger partial charge in [-0.1, -0.05) is 77.4 Å². The van der Waals surface area contributed by atoms with Crippen LogP contribution in [-0.4, -0.2) is 36.7 Å². The third kappa shape index (κ3) is 6.87. The van der Waals surface area contributed by atoms with Crippen LogP contribution in [0.4, 0.5) is 16.2 Å². The van der Waals surface area contributed by atoms with Crippen molar-refractivity contribution in [3.05, 3.63) is 101 Å². The Bertz CT molecular complexity index is 1750. The Labute approximate surface area is 259 Å². The molecule has 220 valence electrons. The molecule has 1 amide bonds. The number of halogens is 1. The van der Waals surface area contributed by atoms with Gasteiger partial charge in [0.05, 0.1) is 30.8 Å². The van der Waals surface area contributed by atoms with Crippen LogP contribution in [0, 0.1) is 6.92 Å². The molecule has 0 saturated heterocycles. The zero-order valence-electron chi connectivity index (χ0n) is 24.1. The van der Waals surface area contributed by atoms with E-state index in [9.17, 15) is 9.59 Å². The highest BCUT2D eigenvalue weighted by Gasteiger charge is 2.30. The van der Waals surface area contributed by atoms with Crippen molar-refractivity contribution in [2.75, 3.05) is 24.4 Å². The average molecular weight is 615 g/mol. The lowest BCUT2D eigenvalue weighted by molar-refractivity contribution is -0.140. The molecule has 0 unspecified atom stereocenters. The molecule has 5 aromatic rings. The first kappa shape index (κ1) is 30.2. The Morgan fingerprint density at radius 1 is 0.930 bits per heavy atom. The van der Waals surface area contributed by atoms with Crippen LogP contribution in [0.15, 0.2) is 89.5 Å². The van der Waals surface area contributed by atoms with Crippen LogP contribution >= 0.6 is 23.4 Å². The van der Waals surface area contributed by atoms with Crippen LogP contribution in [-0.2, 0) is 20.0 Å². The van der Waals surface area contributed by atoms with E-state index in [-0.39, 0.29) is 12.6 Å². The highest BCUT2D eigenvalue weighted by atomic mass is 35.5. The topological polar surface area (TPSA) is 81.9 Å². The lowest BCUT2D eigenvalue weighted by Gasteiger charge is -2.23. The Hall–Kier alpha value is -4.27. The Kier molecular flexibility index (Phi) is 9.69. The summed E-state index contributed by atoms with van der Waals surface area (Å²) < 4.78 is 15.9. The first-order valence-electron chi connectivity index (χ1n) is 13.8. The summed E-state index contributed by atoms with van der Waals surface area (Å²) in [6.07, 6.45) is -0.153. The molecular formula is C34H31ClN2O5S. The van der Waals surface area contributed by atoms with Crippen molar-refractivity contribution in [3.8, 4) is 22.5 Å². The second kappa shape index (κ2) is 13.8. The number of aromatic nitrogens is 1. The Balaban J connectivity index is 1.41. The Morgan fingerprint density at radius 2 is 1.60 bits per heavy atom. The van der Waals surface area contributed by atoms with Crippen molar-refractivity contribution in [2.45, 2.75) is 26.0 Å². The van der Waals surface area contributed by atoms with E-state index < -0.39 is 6.09 Å². The summed E-state index contributed by atoms with van der Waals surface area (Å²) in [4.78, 5) is 25.9. The molecule has 0 aliphatic heterocycles. The number of aryl methyl sites for hydroxylation is 1. The van der Waals surface area contributed by atoms with Gasteiger partial charge < -0.3 is 14.0 Å². The number of esters is 1. The van der Waals surface area contributed by atoms with E-state index >= 15 is 0 Å². The van der Waals surface area contributed by atoms with Gasteiger partial charge in [0.1, 0.15) is 11.4 Å². The van der Waals surface area contributed by atoms with Crippen LogP contribution in [0.5, 0.6) is 0 Å². The number of anilines is 2. The van der Waals surface area contributed by atoms with Crippen molar-refractivity contribution >= 4 is 57.6 Å². The molecule has 1 heterocycles. The fourth-order valence-electron chi connectivity index (χ4n) is 4.76. The van der Waals surface area contributed by atoms with Crippen molar-refractivity contribution in [3.63, 3.8) is 0 Å². The van der Waals surface area contributed by atoms with Crippen LogP contribution in [0.25, 0.3) is 33.2 Å². The Morgan fingerprint density at radius 3 is 2.30 bits per heavy atom. The van der Waals surface area contributed by atoms with Crippen molar-refractivity contribution in [1.29, 1.82) is 0 Å². The summed E-state index contributed by atoms with van der Waals surface area (Å²) in [5.41, 5.74) is 5.68. The number of carbonyl (C=O) groups excluding carboxylic acids is 2. The number of para-hydroxylation sites is 1. The van der Waals surface area contributed by atoms with Crippen molar-refractivity contribution in [1.82, 2.24) is 5.16 Å². The van der Waals surface area contributed by atoms with Gasteiger partial charge in [-0.25, -0.2) is 9.69 Å². The summed E-state index contributed by atoms with van der Waals surface area (Å²) in [6, 6.07) is 27.9. The minimum Gasteiger partial charge on any atom is -0.469 e. The van der Waals surface area contributed by atoms with Crippen LogP contribution in [0.2, 0.25) is 5.02 Å². The van der Waals surface area contributed by atoms with E-state index in [1.165, 1.54) is 17.6 Å². The molecule has 0 aliphatic rings. The number of hydrogen-bond acceptors (Lipinski definition) is 7. The van der Waals surface area contributed by atoms with Gasteiger partial charge in [-0.2, -0.15) is 11.8 Å². The van der Waals surface area contributed by atoms with Gasteiger partial charge in [0, 0.05) is 17.1 Å². The zero-order chi connectivity index (χ0) is 30.3. The summed E-state index contributed by atoms with van der Waals surface area (Å²) in [7, 11) is 1.41. The molecule has 7 nitrogen and oxygen atoms in total. The van der Waals surface area contributed by atoms with Crippen molar-refractivity contribution < 1.29 is 23.6 Å². The van der Waals surface area contributed by atoms with E-state index in [2.05, 4.69) is 47.6 Å². The number of benzene rings is 4. The minimum atomic E-state index is -0.570. The summed E-state index contributed by atoms with van der Waals surface area (Å²) in [5.74, 6) is 1.83. The monoisotopic (exact) mass is 614 g/mol. The number of fused-ring (bicyclic) bond motifs is 1. The maximum absolute atomic E-state index is 13.2. The SMILES string of the molecule is CCOC(=O)N(c1ccccc1Cl)c1c(C)noc1-c1ccc2cc(-c3ccc(CSCCC(=O)OC)cc3)ccc2c1. The van der Waals surface area contributed by atoms with Gasteiger partial charge in [0.2, 0.25) is 0 Å². The van der Waals surface area contributed by atoms with E-state index in [4.69, 9.17) is 25.6 Å². The first-order chi connectivity index (χ1) is 20.9. The second-order valence-electron chi connectivity index (χ2n) is 9.78. The minimum absolute atomic E-state index is 0.182. The third-order valence-electron chi connectivity index (χ3n) is 6.94.